The molecule has 0 saturated carbocycles. The minimum atomic E-state index is -0.389. The first kappa shape index (κ1) is 21.6. The highest BCUT2D eigenvalue weighted by molar-refractivity contribution is 6.18. The van der Waals surface area contributed by atoms with Crippen molar-refractivity contribution < 1.29 is 14.3 Å². The zero-order valence-electron chi connectivity index (χ0n) is 18.6. The molecular weight excluding hydrogens is 400 g/mol. The second-order valence-corrected chi connectivity index (χ2v) is 8.17. The molecule has 3 aromatic rings. The van der Waals surface area contributed by atoms with Gasteiger partial charge in [0.05, 0.1) is 12.7 Å². The molecule has 5 heteroatoms. The van der Waals surface area contributed by atoms with Gasteiger partial charge in [0.15, 0.2) is 5.78 Å². The number of para-hydroxylation sites is 1. The van der Waals surface area contributed by atoms with Gasteiger partial charge in [0.2, 0.25) is 0 Å². The maximum absolute atomic E-state index is 14.0. The summed E-state index contributed by atoms with van der Waals surface area (Å²) in [5.41, 5.74) is 2.82. The Kier molecular flexibility index (Phi) is 5.99. The minimum Gasteiger partial charge on any atom is -0.497 e. The largest absolute Gasteiger partial charge is 0.497 e. The summed E-state index contributed by atoms with van der Waals surface area (Å²) in [5, 5.41) is 0.820. The molecule has 0 bridgehead atoms. The molecule has 0 radical (unpaired) electrons. The Bertz CT molecular complexity index is 1190. The SMILES string of the molecule is C=CCC1C(=O)c2c(n(C)c3ccccc23)C(=O)N(Cc2ccc(OC)cc2)C1CC=C. The van der Waals surface area contributed by atoms with E-state index in [0.29, 0.717) is 30.6 Å². The average molecular weight is 429 g/mol. The first-order valence-corrected chi connectivity index (χ1v) is 10.8. The summed E-state index contributed by atoms with van der Waals surface area (Å²) in [7, 11) is 3.48. The second kappa shape index (κ2) is 8.87. The molecule has 32 heavy (non-hydrogen) atoms. The summed E-state index contributed by atoms with van der Waals surface area (Å²) in [4.78, 5) is 29.7. The molecular formula is C27H28N2O3. The summed E-state index contributed by atoms with van der Waals surface area (Å²) in [6.45, 7) is 8.18. The molecule has 5 nitrogen and oxygen atoms in total. The normalized spacial score (nSPS) is 18.4. The highest BCUT2D eigenvalue weighted by Crippen LogP contribution is 2.37. The number of aromatic nitrogens is 1. The Labute approximate surface area is 188 Å². The van der Waals surface area contributed by atoms with E-state index in [4.69, 9.17) is 4.74 Å². The van der Waals surface area contributed by atoms with Gasteiger partial charge in [0, 0.05) is 36.5 Å². The number of aryl methyl sites for hydroxylation is 1. The van der Waals surface area contributed by atoms with E-state index in [1.54, 1.807) is 19.3 Å². The number of carbonyl (C=O) groups is 2. The van der Waals surface area contributed by atoms with Crippen molar-refractivity contribution in [1.29, 1.82) is 0 Å². The molecule has 0 fully saturated rings. The van der Waals surface area contributed by atoms with Gasteiger partial charge in [0.25, 0.3) is 5.91 Å². The van der Waals surface area contributed by atoms with Crippen molar-refractivity contribution in [3.05, 3.63) is 90.7 Å². The molecule has 0 N–H and O–H groups in total. The highest BCUT2D eigenvalue weighted by Gasteiger charge is 2.42. The van der Waals surface area contributed by atoms with E-state index in [1.165, 1.54) is 0 Å². The maximum Gasteiger partial charge on any atom is 0.271 e. The van der Waals surface area contributed by atoms with Gasteiger partial charge >= 0.3 is 0 Å². The van der Waals surface area contributed by atoms with Crippen LogP contribution in [-0.4, -0.2) is 34.3 Å². The number of nitrogens with zero attached hydrogens (tertiary/aromatic N) is 2. The average Bonchev–Trinajstić information content (AvgIpc) is 3.08. The van der Waals surface area contributed by atoms with Crippen molar-refractivity contribution in [3.63, 3.8) is 0 Å². The Morgan fingerprint density at radius 2 is 1.69 bits per heavy atom. The van der Waals surface area contributed by atoms with Crippen molar-refractivity contribution in [3.8, 4) is 5.75 Å². The third-order valence-electron chi connectivity index (χ3n) is 6.36. The molecule has 1 aliphatic rings. The van der Waals surface area contributed by atoms with Crippen molar-refractivity contribution in [2.75, 3.05) is 7.11 Å². The van der Waals surface area contributed by atoms with Gasteiger partial charge in [-0.25, -0.2) is 0 Å². The lowest BCUT2D eigenvalue weighted by Gasteiger charge is -2.34. The molecule has 0 aliphatic carbocycles. The Morgan fingerprint density at radius 1 is 1.00 bits per heavy atom. The zero-order valence-corrected chi connectivity index (χ0v) is 18.6. The van der Waals surface area contributed by atoms with Crippen molar-refractivity contribution in [1.82, 2.24) is 9.47 Å². The molecule has 0 saturated heterocycles. The van der Waals surface area contributed by atoms with Gasteiger partial charge in [-0.15, -0.1) is 13.2 Å². The second-order valence-electron chi connectivity index (χ2n) is 8.17. The number of amides is 1. The molecule has 1 amide bonds. The number of allylic oxidation sites excluding steroid dienone is 1. The van der Waals surface area contributed by atoms with Gasteiger partial charge < -0.3 is 14.2 Å². The Balaban J connectivity index is 1.90. The number of hydrogen-bond donors (Lipinski definition) is 0. The third-order valence-corrected chi connectivity index (χ3v) is 6.36. The number of ketones is 1. The number of carbonyl (C=O) groups excluding carboxylic acids is 2. The Morgan fingerprint density at radius 3 is 2.34 bits per heavy atom. The maximum atomic E-state index is 14.0. The lowest BCUT2D eigenvalue weighted by atomic mass is 9.86. The summed E-state index contributed by atoms with van der Waals surface area (Å²) in [5.74, 6) is 0.226. The minimum absolute atomic E-state index is 0.00543. The van der Waals surface area contributed by atoms with Crippen molar-refractivity contribution in [2.24, 2.45) is 13.0 Å². The number of methoxy groups -OCH3 is 1. The summed E-state index contributed by atoms with van der Waals surface area (Å²) >= 11 is 0. The van der Waals surface area contributed by atoms with Crippen molar-refractivity contribution in [2.45, 2.75) is 25.4 Å². The molecule has 4 rings (SSSR count). The summed E-state index contributed by atoms with van der Waals surface area (Å²) < 4.78 is 7.12. The van der Waals surface area contributed by atoms with Gasteiger partial charge in [-0.1, -0.05) is 42.5 Å². The third kappa shape index (κ3) is 3.54. The fourth-order valence-electron chi connectivity index (χ4n) is 4.78. The number of ether oxygens (including phenoxy) is 1. The fraction of sp³-hybridized carbons (Fsp3) is 0.259. The van der Waals surface area contributed by atoms with E-state index in [2.05, 4.69) is 13.2 Å². The molecule has 2 atom stereocenters. The zero-order chi connectivity index (χ0) is 22.8. The van der Waals surface area contributed by atoms with Crippen LogP contribution in [0, 0.1) is 5.92 Å². The monoisotopic (exact) mass is 428 g/mol. The summed E-state index contributed by atoms with van der Waals surface area (Å²) in [6, 6.07) is 15.1. The van der Waals surface area contributed by atoms with Crippen LogP contribution in [0.15, 0.2) is 73.8 Å². The first-order valence-electron chi connectivity index (χ1n) is 10.8. The lowest BCUT2D eigenvalue weighted by molar-refractivity contribution is 0.0577. The van der Waals surface area contributed by atoms with Crippen LogP contribution in [0.1, 0.15) is 39.3 Å². The standard InChI is InChI=1S/C27H28N2O3/c1-5-9-21-23(10-6-2)29(17-18-13-15-19(32-4)16-14-18)27(31)25-24(26(21)30)20-11-7-8-12-22(20)28(25)3/h5-8,11-16,21,23H,1-2,9-10,17H2,3-4H3. The number of hydrogen-bond acceptors (Lipinski definition) is 3. The van der Waals surface area contributed by atoms with Gasteiger partial charge in [-0.3, -0.25) is 9.59 Å². The van der Waals surface area contributed by atoms with E-state index in [1.807, 2.05) is 65.0 Å². The molecule has 2 aromatic carbocycles. The van der Waals surface area contributed by atoms with Crippen LogP contribution in [0.2, 0.25) is 0 Å². The van der Waals surface area contributed by atoms with E-state index in [9.17, 15) is 9.59 Å². The molecule has 2 heterocycles. The van der Waals surface area contributed by atoms with Crippen LogP contribution in [0.4, 0.5) is 0 Å². The summed E-state index contributed by atoms with van der Waals surface area (Å²) in [6.07, 6.45) is 4.58. The quantitative estimate of drug-likeness (QED) is 0.488. The van der Waals surface area contributed by atoms with Gasteiger partial charge in [0.1, 0.15) is 11.4 Å². The van der Waals surface area contributed by atoms with Gasteiger partial charge in [-0.2, -0.15) is 0 Å². The molecule has 2 unspecified atom stereocenters. The topological polar surface area (TPSA) is 51.5 Å². The van der Waals surface area contributed by atoms with Crippen LogP contribution in [-0.2, 0) is 13.6 Å². The van der Waals surface area contributed by atoms with Crippen LogP contribution >= 0.6 is 0 Å². The van der Waals surface area contributed by atoms with Crippen LogP contribution in [0.3, 0.4) is 0 Å². The lowest BCUT2D eigenvalue weighted by Crippen LogP contribution is -2.44. The van der Waals surface area contributed by atoms with E-state index in [0.717, 1.165) is 22.2 Å². The van der Waals surface area contributed by atoms with Crippen molar-refractivity contribution >= 4 is 22.6 Å². The predicted octanol–water partition coefficient (Wildman–Crippen LogP) is 5.16. The van der Waals surface area contributed by atoms with Crippen LogP contribution in [0.25, 0.3) is 10.9 Å². The molecule has 1 aliphatic heterocycles. The predicted molar refractivity (Wildman–Crippen MR) is 127 cm³/mol. The van der Waals surface area contributed by atoms with E-state index >= 15 is 0 Å². The van der Waals surface area contributed by atoms with Crippen LogP contribution < -0.4 is 4.74 Å². The molecule has 1 aromatic heterocycles. The van der Waals surface area contributed by atoms with E-state index < -0.39 is 0 Å². The molecule has 0 spiro atoms. The fourth-order valence-corrected chi connectivity index (χ4v) is 4.78. The number of benzene rings is 2. The smallest absolute Gasteiger partial charge is 0.271 e. The molecule has 164 valence electrons. The van der Waals surface area contributed by atoms with E-state index in [-0.39, 0.29) is 23.7 Å². The number of fused-ring (bicyclic) bond motifs is 3. The Hall–Kier alpha value is -3.60. The highest BCUT2D eigenvalue weighted by atomic mass is 16.5. The first-order chi connectivity index (χ1) is 15.5. The van der Waals surface area contributed by atoms with Crippen LogP contribution in [0.5, 0.6) is 5.75 Å². The number of Topliss-reactive ketones (excluding diaryl/α,β-unsaturated/α-hetero) is 1. The van der Waals surface area contributed by atoms with Gasteiger partial charge in [-0.05, 0) is 36.6 Å². The number of rotatable bonds is 7.